The number of nitrogens with zero attached hydrogens (tertiary/aromatic N) is 1. The van der Waals surface area contributed by atoms with Crippen molar-refractivity contribution in [3.63, 3.8) is 0 Å². The molecular formula is C17H18BrFN2O3S. The van der Waals surface area contributed by atoms with Gasteiger partial charge in [0.15, 0.2) is 0 Å². The Bertz CT molecular complexity index is 856. The fraction of sp³-hybridized carbons (Fsp3) is 0.235. The highest BCUT2D eigenvalue weighted by Crippen LogP contribution is 2.26. The first-order valence-corrected chi connectivity index (χ1v) is 10.2. The predicted molar refractivity (Wildman–Crippen MR) is 101 cm³/mol. The van der Waals surface area contributed by atoms with Crippen molar-refractivity contribution in [2.45, 2.75) is 19.4 Å². The van der Waals surface area contributed by atoms with E-state index in [0.717, 1.165) is 21.1 Å². The van der Waals surface area contributed by atoms with Gasteiger partial charge in [-0.3, -0.25) is 9.10 Å². The molecule has 1 atom stereocenters. The summed E-state index contributed by atoms with van der Waals surface area (Å²) in [5, 5.41) is 2.67. The minimum absolute atomic E-state index is 0.150. The molecule has 8 heteroatoms. The summed E-state index contributed by atoms with van der Waals surface area (Å²) in [4.78, 5) is 12.6. The Morgan fingerprint density at radius 2 is 1.80 bits per heavy atom. The zero-order chi connectivity index (χ0) is 18.6. The van der Waals surface area contributed by atoms with Gasteiger partial charge in [-0.2, -0.15) is 0 Å². The number of rotatable bonds is 6. The molecule has 0 heterocycles. The van der Waals surface area contributed by atoms with Crippen LogP contribution in [0.3, 0.4) is 0 Å². The minimum atomic E-state index is -3.87. The first-order chi connectivity index (χ1) is 11.7. The largest absolute Gasteiger partial charge is 0.324 e. The van der Waals surface area contributed by atoms with Gasteiger partial charge in [0.25, 0.3) is 0 Å². The molecule has 0 aliphatic rings. The number of sulfonamides is 1. The lowest BCUT2D eigenvalue weighted by atomic mass is 10.1. The normalized spacial score (nSPS) is 12.5. The van der Waals surface area contributed by atoms with Crippen LogP contribution in [0.1, 0.15) is 13.3 Å². The van der Waals surface area contributed by atoms with E-state index in [0.29, 0.717) is 5.69 Å². The molecule has 2 aromatic rings. The monoisotopic (exact) mass is 428 g/mol. The molecule has 0 fully saturated rings. The number of carbonyl (C=O) groups is 1. The fourth-order valence-electron chi connectivity index (χ4n) is 2.42. The van der Waals surface area contributed by atoms with Gasteiger partial charge in [-0.05, 0) is 42.8 Å². The Morgan fingerprint density at radius 3 is 2.32 bits per heavy atom. The highest BCUT2D eigenvalue weighted by molar-refractivity contribution is 9.10. The van der Waals surface area contributed by atoms with Gasteiger partial charge in [-0.25, -0.2) is 12.8 Å². The van der Waals surface area contributed by atoms with E-state index in [1.54, 1.807) is 31.2 Å². The third kappa shape index (κ3) is 4.79. The summed E-state index contributed by atoms with van der Waals surface area (Å²) in [6.45, 7) is 1.67. The molecule has 134 valence electrons. The summed E-state index contributed by atoms with van der Waals surface area (Å²) in [6.07, 6.45) is 1.14. The summed E-state index contributed by atoms with van der Waals surface area (Å²) >= 11 is 3.30. The molecule has 2 aromatic carbocycles. The van der Waals surface area contributed by atoms with E-state index in [4.69, 9.17) is 0 Å². The van der Waals surface area contributed by atoms with Crippen molar-refractivity contribution in [3.8, 4) is 0 Å². The molecule has 0 spiro atoms. The molecule has 1 N–H and O–H groups in total. The van der Waals surface area contributed by atoms with Gasteiger partial charge in [0, 0.05) is 10.2 Å². The molecule has 0 saturated heterocycles. The predicted octanol–water partition coefficient (Wildman–Crippen LogP) is 3.77. The van der Waals surface area contributed by atoms with Gasteiger partial charge < -0.3 is 5.32 Å². The van der Waals surface area contributed by atoms with Crippen LogP contribution in [0.4, 0.5) is 15.8 Å². The van der Waals surface area contributed by atoms with Crippen LogP contribution < -0.4 is 9.62 Å². The van der Waals surface area contributed by atoms with Crippen LogP contribution in [-0.4, -0.2) is 26.6 Å². The Morgan fingerprint density at radius 1 is 1.20 bits per heavy atom. The highest BCUT2D eigenvalue weighted by atomic mass is 79.9. The number of anilines is 2. The molecule has 0 radical (unpaired) electrons. The first-order valence-electron chi connectivity index (χ1n) is 7.54. The molecule has 2 rings (SSSR count). The lowest BCUT2D eigenvalue weighted by Gasteiger charge is -2.30. The second kappa shape index (κ2) is 7.97. The van der Waals surface area contributed by atoms with Crippen molar-refractivity contribution >= 4 is 43.2 Å². The maximum Gasteiger partial charge on any atom is 0.248 e. The van der Waals surface area contributed by atoms with E-state index in [-0.39, 0.29) is 12.1 Å². The minimum Gasteiger partial charge on any atom is -0.324 e. The fourth-order valence-corrected chi connectivity index (χ4v) is 3.90. The van der Waals surface area contributed by atoms with Crippen molar-refractivity contribution in [2.75, 3.05) is 15.9 Å². The van der Waals surface area contributed by atoms with Gasteiger partial charge in [0.05, 0.1) is 11.9 Å². The van der Waals surface area contributed by atoms with Gasteiger partial charge in [-0.15, -0.1) is 0 Å². The van der Waals surface area contributed by atoms with Crippen LogP contribution >= 0.6 is 15.9 Å². The smallest absolute Gasteiger partial charge is 0.248 e. The number of carbonyl (C=O) groups excluding carboxylic acids is 1. The summed E-state index contributed by atoms with van der Waals surface area (Å²) < 4.78 is 40.4. The number of nitrogens with one attached hydrogen (secondary N) is 1. The standard InChI is InChI=1S/C17H18BrFN2O3S/c1-3-15(17(22)20-13-10-8-12(18)9-11-13)21(25(2,23)24)16-7-5-4-6-14(16)19/h4-11,15H,3H2,1-2H3,(H,20,22)/t15-/m1/s1. The Balaban J connectivity index is 2.38. The second-order valence-corrected chi connectivity index (χ2v) is 8.21. The molecule has 1 amide bonds. The average Bonchev–Trinajstić information content (AvgIpc) is 2.54. The molecule has 0 saturated carbocycles. The zero-order valence-electron chi connectivity index (χ0n) is 13.7. The summed E-state index contributed by atoms with van der Waals surface area (Å²) in [5.74, 6) is -1.23. The van der Waals surface area contributed by atoms with Crippen molar-refractivity contribution in [2.24, 2.45) is 0 Å². The molecule has 0 aliphatic heterocycles. The lowest BCUT2D eigenvalue weighted by molar-refractivity contribution is -0.117. The van der Waals surface area contributed by atoms with Gasteiger partial charge in [0.1, 0.15) is 11.9 Å². The van der Waals surface area contributed by atoms with Gasteiger partial charge in [-0.1, -0.05) is 35.0 Å². The molecule has 0 bridgehead atoms. The van der Waals surface area contributed by atoms with Crippen molar-refractivity contribution < 1.29 is 17.6 Å². The van der Waals surface area contributed by atoms with E-state index < -0.39 is 27.8 Å². The Hall–Kier alpha value is -1.93. The second-order valence-electron chi connectivity index (χ2n) is 5.43. The number of benzene rings is 2. The van der Waals surface area contributed by atoms with Crippen molar-refractivity contribution in [1.82, 2.24) is 0 Å². The summed E-state index contributed by atoms with van der Waals surface area (Å²) in [6, 6.07) is 11.3. The maximum atomic E-state index is 14.2. The quantitative estimate of drug-likeness (QED) is 0.761. The molecule has 5 nitrogen and oxygen atoms in total. The van der Waals surface area contributed by atoms with Crippen LogP contribution in [0.25, 0.3) is 0 Å². The summed E-state index contributed by atoms with van der Waals surface area (Å²) in [5.41, 5.74) is 0.372. The van der Waals surface area contributed by atoms with Crippen LogP contribution in [0.2, 0.25) is 0 Å². The number of para-hydroxylation sites is 1. The molecular weight excluding hydrogens is 411 g/mol. The van der Waals surface area contributed by atoms with Crippen LogP contribution in [0, 0.1) is 5.82 Å². The zero-order valence-corrected chi connectivity index (χ0v) is 16.1. The van der Waals surface area contributed by atoms with E-state index in [2.05, 4.69) is 21.2 Å². The molecule has 0 aliphatic carbocycles. The van der Waals surface area contributed by atoms with E-state index >= 15 is 0 Å². The number of hydrogen-bond acceptors (Lipinski definition) is 3. The average molecular weight is 429 g/mol. The molecule has 0 aromatic heterocycles. The maximum absolute atomic E-state index is 14.2. The van der Waals surface area contributed by atoms with Crippen molar-refractivity contribution in [3.05, 3.63) is 58.8 Å². The Labute approximate surface area is 155 Å². The van der Waals surface area contributed by atoms with Gasteiger partial charge in [0.2, 0.25) is 15.9 Å². The third-order valence-electron chi connectivity index (χ3n) is 3.53. The number of hydrogen-bond donors (Lipinski definition) is 1. The number of halogens is 2. The van der Waals surface area contributed by atoms with E-state index in [1.165, 1.54) is 18.2 Å². The SMILES string of the molecule is CC[C@H](C(=O)Nc1ccc(Br)cc1)N(c1ccccc1F)S(C)(=O)=O. The van der Waals surface area contributed by atoms with Crippen LogP contribution in [-0.2, 0) is 14.8 Å². The third-order valence-corrected chi connectivity index (χ3v) is 5.23. The summed E-state index contributed by atoms with van der Waals surface area (Å²) in [7, 11) is -3.87. The van der Waals surface area contributed by atoms with E-state index in [9.17, 15) is 17.6 Å². The van der Waals surface area contributed by atoms with Crippen molar-refractivity contribution in [1.29, 1.82) is 0 Å². The highest BCUT2D eigenvalue weighted by Gasteiger charge is 2.33. The molecule has 0 unspecified atom stereocenters. The van der Waals surface area contributed by atoms with Crippen LogP contribution in [0.5, 0.6) is 0 Å². The van der Waals surface area contributed by atoms with Crippen LogP contribution in [0.15, 0.2) is 53.0 Å². The number of amides is 1. The lowest BCUT2D eigenvalue weighted by Crippen LogP contribution is -2.47. The topological polar surface area (TPSA) is 66.5 Å². The van der Waals surface area contributed by atoms with E-state index in [1.807, 2.05) is 0 Å². The first kappa shape index (κ1) is 19.4. The van der Waals surface area contributed by atoms with Gasteiger partial charge >= 0.3 is 0 Å². The molecule has 25 heavy (non-hydrogen) atoms. The Kier molecular flexibility index (Phi) is 6.18.